The Morgan fingerprint density at radius 3 is 2.50 bits per heavy atom. The summed E-state index contributed by atoms with van der Waals surface area (Å²) in [4.78, 5) is 45.6. The summed E-state index contributed by atoms with van der Waals surface area (Å²) in [5.74, 6) is -1.99. The van der Waals surface area contributed by atoms with E-state index in [0.717, 1.165) is 10.9 Å². The molecule has 1 saturated heterocycles. The number of benzene rings is 2. The summed E-state index contributed by atoms with van der Waals surface area (Å²) >= 11 is 0. The Bertz CT molecular complexity index is 1460. The molecule has 9 heteroatoms. The van der Waals surface area contributed by atoms with Crippen LogP contribution < -0.4 is 0 Å². The van der Waals surface area contributed by atoms with Crippen LogP contribution in [0.25, 0.3) is 16.7 Å². The maximum atomic E-state index is 13.2. The zero-order valence-electron chi connectivity index (χ0n) is 17.7. The quantitative estimate of drug-likeness (QED) is 0.154. The molecule has 4 aromatic rings. The first-order valence-electron chi connectivity index (χ1n) is 10.4. The molecular weight excluding hydrogens is 436 g/mol. The summed E-state index contributed by atoms with van der Waals surface area (Å²) in [6.07, 6.45) is 3.32. The molecule has 168 valence electrons. The number of aromatic amines is 1. The smallest absolute Gasteiger partial charge is 0.296 e. The van der Waals surface area contributed by atoms with Crippen LogP contribution in [0.15, 0.2) is 84.7 Å². The Hall–Kier alpha value is -4.79. The fourth-order valence-electron chi connectivity index (χ4n) is 4.25. The molecule has 5 rings (SSSR count). The van der Waals surface area contributed by atoms with Gasteiger partial charge in [-0.1, -0.05) is 24.3 Å². The number of nitrogens with one attached hydrogen (secondary N) is 1. The molecule has 1 amide bonds. The number of ketones is 1. The molecule has 9 nitrogen and oxygen atoms in total. The third-order valence-corrected chi connectivity index (χ3v) is 5.87. The number of amides is 1. The predicted octanol–water partition coefficient (Wildman–Crippen LogP) is 4.09. The van der Waals surface area contributed by atoms with Crippen molar-refractivity contribution in [1.29, 1.82) is 0 Å². The third-order valence-electron chi connectivity index (χ3n) is 5.87. The van der Waals surface area contributed by atoms with E-state index in [1.54, 1.807) is 30.6 Å². The van der Waals surface area contributed by atoms with Gasteiger partial charge in [-0.3, -0.25) is 24.7 Å². The number of carbonyl (C=O) groups excluding carboxylic acids is 2. The second-order valence-corrected chi connectivity index (χ2v) is 7.84. The van der Waals surface area contributed by atoms with Crippen LogP contribution in [0.5, 0.6) is 0 Å². The van der Waals surface area contributed by atoms with Gasteiger partial charge in [-0.25, -0.2) is 0 Å². The largest absolute Gasteiger partial charge is 0.507 e. The second-order valence-electron chi connectivity index (χ2n) is 7.84. The van der Waals surface area contributed by atoms with E-state index in [1.807, 2.05) is 24.3 Å². The third kappa shape index (κ3) is 3.49. The van der Waals surface area contributed by atoms with Crippen LogP contribution in [0, 0.1) is 10.1 Å². The molecule has 0 aliphatic carbocycles. The molecule has 0 radical (unpaired) electrons. The molecule has 34 heavy (non-hydrogen) atoms. The van der Waals surface area contributed by atoms with Crippen molar-refractivity contribution < 1.29 is 19.6 Å². The van der Waals surface area contributed by atoms with Gasteiger partial charge in [-0.2, -0.15) is 0 Å². The fraction of sp³-hybridized carbons (Fsp3) is 0.0800. The molecular formula is C25H18N4O5. The van der Waals surface area contributed by atoms with E-state index >= 15 is 0 Å². The Kier molecular flexibility index (Phi) is 5.14. The number of likely N-dealkylation sites (tertiary alicyclic amines) is 1. The number of nitro benzene ring substituents is 1. The fourth-order valence-corrected chi connectivity index (χ4v) is 4.25. The van der Waals surface area contributed by atoms with E-state index in [4.69, 9.17) is 0 Å². The van der Waals surface area contributed by atoms with E-state index in [2.05, 4.69) is 9.97 Å². The van der Waals surface area contributed by atoms with Gasteiger partial charge in [-0.05, 0) is 30.3 Å². The van der Waals surface area contributed by atoms with Crippen molar-refractivity contribution in [2.45, 2.75) is 12.6 Å². The summed E-state index contributed by atoms with van der Waals surface area (Å²) in [5, 5.41) is 22.9. The second kappa shape index (κ2) is 8.28. The number of hydrogen-bond donors (Lipinski definition) is 2. The van der Waals surface area contributed by atoms with Gasteiger partial charge in [0, 0.05) is 46.6 Å². The number of hydrogen-bond acceptors (Lipinski definition) is 6. The van der Waals surface area contributed by atoms with Crippen LogP contribution in [0.1, 0.15) is 22.9 Å². The molecule has 0 saturated carbocycles. The molecule has 1 aliphatic heterocycles. The van der Waals surface area contributed by atoms with Crippen LogP contribution in [-0.2, 0) is 16.1 Å². The van der Waals surface area contributed by atoms with Crippen molar-refractivity contribution in [1.82, 2.24) is 14.9 Å². The zero-order chi connectivity index (χ0) is 23.8. The van der Waals surface area contributed by atoms with E-state index in [1.165, 1.54) is 29.2 Å². The first kappa shape index (κ1) is 21.1. The highest BCUT2D eigenvalue weighted by Crippen LogP contribution is 2.42. The molecule has 2 aromatic carbocycles. The Morgan fingerprint density at radius 1 is 1.06 bits per heavy atom. The number of para-hydroxylation sites is 1. The van der Waals surface area contributed by atoms with Crippen LogP contribution in [0.3, 0.4) is 0 Å². The molecule has 1 aliphatic rings. The lowest BCUT2D eigenvalue weighted by atomic mass is 9.95. The topological polar surface area (TPSA) is 129 Å². The maximum Gasteiger partial charge on any atom is 0.296 e. The number of Topliss-reactive ketones (excluding diaryl/α,β-unsaturated/α-hetero) is 1. The number of pyridine rings is 1. The van der Waals surface area contributed by atoms with Crippen molar-refractivity contribution >= 4 is 34.0 Å². The van der Waals surface area contributed by atoms with Crippen LogP contribution in [0.4, 0.5) is 5.69 Å². The lowest BCUT2D eigenvalue weighted by Gasteiger charge is -2.24. The Balaban J connectivity index is 1.68. The summed E-state index contributed by atoms with van der Waals surface area (Å²) in [7, 11) is 0. The first-order chi connectivity index (χ1) is 16.5. The maximum absolute atomic E-state index is 13.2. The van der Waals surface area contributed by atoms with Crippen molar-refractivity contribution in [2.24, 2.45) is 0 Å². The van der Waals surface area contributed by atoms with Crippen molar-refractivity contribution in [3.63, 3.8) is 0 Å². The molecule has 2 aromatic heterocycles. The average Bonchev–Trinajstić information content (AvgIpc) is 3.38. The average molecular weight is 454 g/mol. The van der Waals surface area contributed by atoms with Gasteiger partial charge < -0.3 is 15.0 Å². The molecule has 0 spiro atoms. The number of carbonyl (C=O) groups is 2. The molecule has 1 unspecified atom stereocenters. The van der Waals surface area contributed by atoms with E-state index in [9.17, 15) is 24.8 Å². The summed E-state index contributed by atoms with van der Waals surface area (Å²) in [5.41, 5.74) is 2.01. The highest BCUT2D eigenvalue weighted by molar-refractivity contribution is 6.46. The molecule has 2 N–H and O–H groups in total. The predicted molar refractivity (Wildman–Crippen MR) is 123 cm³/mol. The SMILES string of the molecule is O=C1C(=O)N(Cc2ccccn2)C(c2c[nH]c3ccccc23)/C1=C(\O)c1ccc([N+](=O)[O-])cc1. The van der Waals surface area contributed by atoms with Crippen molar-refractivity contribution in [2.75, 3.05) is 0 Å². The minimum absolute atomic E-state index is 0.0621. The molecule has 1 fully saturated rings. The minimum Gasteiger partial charge on any atom is -0.507 e. The molecule has 1 atom stereocenters. The Labute approximate surface area is 193 Å². The standard InChI is InChI=1S/C25H18N4O5/c30-23(15-8-10-17(11-9-15)29(33)34)21-22(19-13-27-20-7-2-1-6-18(19)20)28(25(32)24(21)31)14-16-5-3-4-12-26-16/h1-13,22,27,30H,14H2/b23-21+. The summed E-state index contributed by atoms with van der Waals surface area (Å²) in [6, 6.07) is 17.0. The van der Waals surface area contributed by atoms with Gasteiger partial charge in [0.25, 0.3) is 17.4 Å². The number of rotatable bonds is 5. The highest BCUT2D eigenvalue weighted by Gasteiger charge is 2.47. The lowest BCUT2D eigenvalue weighted by molar-refractivity contribution is -0.384. The van der Waals surface area contributed by atoms with E-state index in [0.29, 0.717) is 11.3 Å². The lowest BCUT2D eigenvalue weighted by Crippen LogP contribution is -2.29. The van der Waals surface area contributed by atoms with Gasteiger partial charge in [0.1, 0.15) is 5.76 Å². The number of nitrogens with zero attached hydrogens (tertiary/aromatic N) is 3. The van der Waals surface area contributed by atoms with Gasteiger partial charge in [0.05, 0.1) is 28.8 Å². The van der Waals surface area contributed by atoms with E-state index in [-0.39, 0.29) is 23.4 Å². The number of H-pyrrole nitrogens is 1. The zero-order valence-corrected chi connectivity index (χ0v) is 17.7. The number of aliphatic hydroxyl groups is 1. The van der Waals surface area contributed by atoms with Crippen molar-refractivity contribution in [3.05, 3.63) is 112 Å². The number of fused-ring (bicyclic) bond motifs is 1. The van der Waals surface area contributed by atoms with Gasteiger partial charge in [0.2, 0.25) is 0 Å². The van der Waals surface area contributed by atoms with Crippen molar-refractivity contribution in [3.8, 4) is 0 Å². The monoisotopic (exact) mass is 454 g/mol. The van der Waals surface area contributed by atoms with Gasteiger partial charge >= 0.3 is 0 Å². The van der Waals surface area contributed by atoms with Crippen LogP contribution in [-0.4, -0.2) is 36.6 Å². The first-order valence-corrected chi connectivity index (χ1v) is 10.4. The number of aliphatic hydroxyl groups excluding tert-OH is 1. The van der Waals surface area contributed by atoms with Crippen LogP contribution >= 0.6 is 0 Å². The normalized spacial score (nSPS) is 17.4. The van der Waals surface area contributed by atoms with Gasteiger partial charge in [-0.15, -0.1) is 0 Å². The highest BCUT2D eigenvalue weighted by atomic mass is 16.6. The number of non-ortho nitro benzene ring substituents is 1. The molecule has 0 bridgehead atoms. The number of aromatic nitrogens is 2. The molecule has 3 heterocycles. The summed E-state index contributed by atoms with van der Waals surface area (Å²) in [6.45, 7) is 0.0621. The minimum atomic E-state index is -0.881. The number of nitro groups is 1. The van der Waals surface area contributed by atoms with Gasteiger partial charge in [0.15, 0.2) is 0 Å². The Morgan fingerprint density at radius 2 is 1.79 bits per heavy atom. The van der Waals surface area contributed by atoms with Crippen LogP contribution in [0.2, 0.25) is 0 Å². The van der Waals surface area contributed by atoms with E-state index < -0.39 is 28.4 Å². The summed E-state index contributed by atoms with van der Waals surface area (Å²) < 4.78 is 0.